The Balaban J connectivity index is 2.10. The van der Waals surface area contributed by atoms with Crippen LogP contribution in [0.1, 0.15) is 17.2 Å². The molecule has 5 N–H and O–H groups in total. The predicted octanol–water partition coefficient (Wildman–Crippen LogP) is 2.16. The summed E-state index contributed by atoms with van der Waals surface area (Å²) in [6.07, 6.45) is -1.31. The zero-order valence-corrected chi connectivity index (χ0v) is 10.7. The van der Waals surface area contributed by atoms with Gasteiger partial charge in [0.25, 0.3) is 0 Å². The Bertz CT molecular complexity index is 750. The first-order valence-electron chi connectivity index (χ1n) is 6.11. The van der Waals surface area contributed by atoms with Crippen molar-refractivity contribution in [1.29, 1.82) is 0 Å². The van der Waals surface area contributed by atoms with E-state index in [9.17, 15) is 25.5 Å². The van der Waals surface area contributed by atoms with Crippen molar-refractivity contribution in [1.82, 2.24) is 0 Å². The maximum absolute atomic E-state index is 10.1. The maximum Gasteiger partial charge on any atom is 0.175 e. The molecule has 1 aliphatic rings. The van der Waals surface area contributed by atoms with Gasteiger partial charge in [-0.05, 0) is 30.3 Å². The highest BCUT2D eigenvalue weighted by Gasteiger charge is 2.29. The number of rotatable bonds is 1. The van der Waals surface area contributed by atoms with Crippen LogP contribution < -0.4 is 4.74 Å². The van der Waals surface area contributed by atoms with Gasteiger partial charge in [0, 0.05) is 17.2 Å². The van der Waals surface area contributed by atoms with Crippen molar-refractivity contribution in [3.63, 3.8) is 0 Å². The molecular formula is C15H12O6. The lowest BCUT2D eigenvalue weighted by molar-refractivity contribution is 0.141. The summed E-state index contributed by atoms with van der Waals surface area (Å²) in [5.74, 6) is -1.02. The normalized spacial score (nSPS) is 17.3. The molecule has 3 rings (SSSR count). The second-order valence-corrected chi connectivity index (χ2v) is 4.64. The van der Waals surface area contributed by atoms with Gasteiger partial charge in [0.1, 0.15) is 17.6 Å². The number of aliphatic hydroxyl groups excluding tert-OH is 2. The molecule has 0 amide bonds. The fourth-order valence-electron chi connectivity index (χ4n) is 2.14. The largest absolute Gasteiger partial charge is 0.508 e. The van der Waals surface area contributed by atoms with Crippen LogP contribution in [0.3, 0.4) is 0 Å². The number of benzene rings is 2. The maximum atomic E-state index is 10.1. The fourth-order valence-corrected chi connectivity index (χ4v) is 2.14. The first-order chi connectivity index (χ1) is 9.97. The molecule has 2 aromatic rings. The third kappa shape index (κ3) is 2.11. The molecule has 6 heteroatoms. The average molecular weight is 288 g/mol. The third-order valence-corrected chi connectivity index (χ3v) is 3.23. The number of fused-ring (bicyclic) bond motifs is 1. The molecule has 0 radical (unpaired) electrons. The van der Waals surface area contributed by atoms with Gasteiger partial charge in [-0.25, -0.2) is 0 Å². The van der Waals surface area contributed by atoms with Crippen LogP contribution in [0.15, 0.2) is 42.2 Å². The molecular weight excluding hydrogens is 276 g/mol. The fraction of sp³-hybridized carbons (Fsp3) is 0.0667. The standard InChI is InChI=1S/C15H12O6/c16-8-2-3-9-12(6-8)21-15(14(20)13(9)19)7-1-4-10(17)11(18)5-7/h1-6,13,16-20H/t13-/m0/s1. The molecule has 0 saturated carbocycles. The number of phenols is 3. The van der Waals surface area contributed by atoms with Crippen molar-refractivity contribution in [2.45, 2.75) is 6.10 Å². The molecule has 6 nitrogen and oxygen atoms in total. The Morgan fingerprint density at radius 1 is 0.857 bits per heavy atom. The van der Waals surface area contributed by atoms with Crippen molar-refractivity contribution >= 4 is 5.76 Å². The summed E-state index contributed by atoms with van der Waals surface area (Å²) in [5, 5.41) is 48.4. The summed E-state index contributed by atoms with van der Waals surface area (Å²) in [6.45, 7) is 0. The van der Waals surface area contributed by atoms with Crippen LogP contribution in [-0.4, -0.2) is 25.5 Å². The lowest BCUT2D eigenvalue weighted by atomic mass is 10.0. The van der Waals surface area contributed by atoms with Crippen LogP contribution in [0.25, 0.3) is 5.76 Å². The molecule has 1 aliphatic heterocycles. The number of aromatic hydroxyl groups is 3. The van der Waals surface area contributed by atoms with E-state index < -0.39 is 11.9 Å². The van der Waals surface area contributed by atoms with Crippen LogP contribution in [0, 0.1) is 0 Å². The van der Waals surface area contributed by atoms with Crippen LogP contribution in [-0.2, 0) is 0 Å². The highest BCUT2D eigenvalue weighted by atomic mass is 16.5. The van der Waals surface area contributed by atoms with Gasteiger partial charge in [-0.2, -0.15) is 0 Å². The summed E-state index contributed by atoms with van der Waals surface area (Å²) >= 11 is 0. The lowest BCUT2D eigenvalue weighted by Crippen LogP contribution is -2.14. The van der Waals surface area contributed by atoms with Crippen molar-refractivity contribution < 1.29 is 30.3 Å². The van der Waals surface area contributed by atoms with E-state index in [4.69, 9.17) is 4.74 Å². The van der Waals surface area contributed by atoms with Gasteiger partial charge in [0.2, 0.25) is 0 Å². The van der Waals surface area contributed by atoms with Gasteiger partial charge in [-0.3, -0.25) is 0 Å². The minimum absolute atomic E-state index is 0.0461. The van der Waals surface area contributed by atoms with Crippen molar-refractivity contribution in [2.24, 2.45) is 0 Å². The van der Waals surface area contributed by atoms with Gasteiger partial charge in [-0.15, -0.1) is 0 Å². The average Bonchev–Trinajstić information content (AvgIpc) is 2.45. The van der Waals surface area contributed by atoms with Gasteiger partial charge in [0.05, 0.1) is 0 Å². The molecule has 0 aliphatic carbocycles. The van der Waals surface area contributed by atoms with E-state index >= 15 is 0 Å². The Morgan fingerprint density at radius 2 is 1.62 bits per heavy atom. The molecule has 1 atom stereocenters. The molecule has 21 heavy (non-hydrogen) atoms. The summed E-state index contributed by atoms with van der Waals surface area (Å²) in [5.41, 5.74) is 0.591. The topological polar surface area (TPSA) is 110 Å². The molecule has 0 fully saturated rings. The molecule has 0 unspecified atom stereocenters. The second-order valence-electron chi connectivity index (χ2n) is 4.64. The number of hydrogen-bond donors (Lipinski definition) is 5. The molecule has 0 aromatic heterocycles. The highest BCUT2D eigenvalue weighted by molar-refractivity contribution is 5.70. The van der Waals surface area contributed by atoms with E-state index in [-0.39, 0.29) is 34.3 Å². The molecule has 1 heterocycles. The molecule has 0 saturated heterocycles. The predicted molar refractivity (Wildman–Crippen MR) is 73.0 cm³/mol. The number of phenolic OH excluding ortho intramolecular Hbond substituents is 3. The van der Waals surface area contributed by atoms with Gasteiger partial charge >= 0.3 is 0 Å². The van der Waals surface area contributed by atoms with E-state index in [0.29, 0.717) is 5.56 Å². The number of aliphatic hydroxyl groups is 2. The Labute approximate surface area is 119 Å². The highest BCUT2D eigenvalue weighted by Crippen LogP contribution is 2.42. The van der Waals surface area contributed by atoms with E-state index in [1.165, 1.54) is 36.4 Å². The molecule has 108 valence electrons. The van der Waals surface area contributed by atoms with Gasteiger partial charge in [-0.1, -0.05) is 0 Å². The van der Waals surface area contributed by atoms with E-state index in [1.807, 2.05) is 0 Å². The quantitative estimate of drug-likeness (QED) is 0.514. The van der Waals surface area contributed by atoms with Crippen molar-refractivity contribution in [3.05, 3.63) is 53.3 Å². The molecule has 2 aromatic carbocycles. The number of hydrogen-bond acceptors (Lipinski definition) is 6. The van der Waals surface area contributed by atoms with Crippen LogP contribution in [0.4, 0.5) is 0 Å². The van der Waals surface area contributed by atoms with Crippen LogP contribution in [0.2, 0.25) is 0 Å². The lowest BCUT2D eigenvalue weighted by Gasteiger charge is -2.24. The van der Waals surface area contributed by atoms with Crippen molar-refractivity contribution in [2.75, 3.05) is 0 Å². The zero-order chi connectivity index (χ0) is 15.1. The molecule has 0 spiro atoms. The first-order valence-corrected chi connectivity index (χ1v) is 6.11. The second kappa shape index (κ2) is 4.60. The van der Waals surface area contributed by atoms with E-state index in [1.54, 1.807) is 0 Å². The monoisotopic (exact) mass is 288 g/mol. The zero-order valence-electron chi connectivity index (χ0n) is 10.7. The minimum atomic E-state index is -1.31. The Hall–Kier alpha value is -2.86. The van der Waals surface area contributed by atoms with Gasteiger partial charge < -0.3 is 30.3 Å². The number of ether oxygens (including phenoxy) is 1. The van der Waals surface area contributed by atoms with Crippen LogP contribution >= 0.6 is 0 Å². The first kappa shape index (κ1) is 13.1. The van der Waals surface area contributed by atoms with Crippen LogP contribution in [0.5, 0.6) is 23.0 Å². The SMILES string of the molecule is OC1=C(c2ccc(O)c(O)c2)Oc2cc(O)ccc2[C@@H]1O. The Kier molecular flexibility index (Phi) is 2.88. The third-order valence-electron chi connectivity index (χ3n) is 3.23. The Morgan fingerprint density at radius 3 is 2.33 bits per heavy atom. The summed E-state index contributed by atoms with van der Waals surface area (Å²) < 4.78 is 5.49. The minimum Gasteiger partial charge on any atom is -0.508 e. The van der Waals surface area contributed by atoms with E-state index in [2.05, 4.69) is 0 Å². The smallest absolute Gasteiger partial charge is 0.175 e. The van der Waals surface area contributed by atoms with Crippen molar-refractivity contribution in [3.8, 4) is 23.0 Å². The summed E-state index contributed by atoms with van der Waals surface area (Å²) in [7, 11) is 0. The molecule has 0 bridgehead atoms. The van der Waals surface area contributed by atoms with Gasteiger partial charge in [0.15, 0.2) is 23.0 Å². The summed E-state index contributed by atoms with van der Waals surface area (Å²) in [4.78, 5) is 0. The summed E-state index contributed by atoms with van der Waals surface area (Å²) in [6, 6.07) is 7.97. The van der Waals surface area contributed by atoms with E-state index in [0.717, 1.165) is 0 Å².